The van der Waals surface area contributed by atoms with E-state index in [1.807, 2.05) is 48.5 Å². The van der Waals surface area contributed by atoms with Crippen LogP contribution in [-0.2, 0) is 19.0 Å². The molecular formula is C21H20ClNO6. The Hall–Kier alpha value is -3.06. The molecule has 0 saturated carbocycles. The first-order valence-electron chi connectivity index (χ1n) is 8.97. The van der Waals surface area contributed by atoms with E-state index in [0.717, 1.165) is 29.4 Å². The van der Waals surface area contributed by atoms with E-state index in [2.05, 4.69) is 10.1 Å². The summed E-state index contributed by atoms with van der Waals surface area (Å²) in [5.41, 5.74) is 3.24. The number of hydrogen-bond donors (Lipinski definition) is 1. The van der Waals surface area contributed by atoms with Gasteiger partial charge in [-0.25, -0.2) is 14.4 Å². The molecule has 2 aromatic rings. The molecule has 0 bridgehead atoms. The van der Waals surface area contributed by atoms with Gasteiger partial charge in [0.15, 0.2) is 6.04 Å². The standard InChI is InChI=1S/C21H20ClNO6/c1-12(29-20(22)25)18(19(24)27-2)23-21(26)28-11-17-15-9-5-3-7-13(15)14-8-4-6-10-16(14)17/h3-10,12,17-18H,11H2,1-2H3,(H,23,26)/t12?,18-/m0/s1. The van der Waals surface area contributed by atoms with Gasteiger partial charge in [-0.1, -0.05) is 48.5 Å². The van der Waals surface area contributed by atoms with Crippen LogP contribution in [0.25, 0.3) is 11.1 Å². The van der Waals surface area contributed by atoms with Crippen molar-refractivity contribution in [2.24, 2.45) is 0 Å². The van der Waals surface area contributed by atoms with Crippen molar-refractivity contribution < 1.29 is 28.6 Å². The minimum absolute atomic E-state index is 0.0808. The van der Waals surface area contributed by atoms with E-state index < -0.39 is 29.6 Å². The van der Waals surface area contributed by atoms with E-state index in [1.54, 1.807) is 0 Å². The van der Waals surface area contributed by atoms with Crippen molar-refractivity contribution in [2.45, 2.75) is 25.0 Å². The predicted molar refractivity (Wildman–Crippen MR) is 106 cm³/mol. The van der Waals surface area contributed by atoms with Gasteiger partial charge >= 0.3 is 17.5 Å². The molecule has 1 aliphatic carbocycles. The second kappa shape index (κ2) is 8.96. The molecule has 0 fully saturated rings. The van der Waals surface area contributed by atoms with Crippen LogP contribution in [-0.4, -0.2) is 43.4 Å². The predicted octanol–water partition coefficient (Wildman–Crippen LogP) is 3.83. The van der Waals surface area contributed by atoms with Crippen LogP contribution in [0.15, 0.2) is 48.5 Å². The molecule has 1 amide bonds. The summed E-state index contributed by atoms with van der Waals surface area (Å²) in [5.74, 6) is -0.910. The van der Waals surface area contributed by atoms with Gasteiger partial charge in [0.2, 0.25) is 0 Å². The Labute approximate surface area is 172 Å². The van der Waals surface area contributed by atoms with E-state index >= 15 is 0 Å². The molecule has 3 rings (SSSR count). The smallest absolute Gasteiger partial charge is 0.407 e. The van der Waals surface area contributed by atoms with E-state index in [4.69, 9.17) is 21.1 Å². The third kappa shape index (κ3) is 4.51. The lowest BCUT2D eigenvalue weighted by molar-refractivity contribution is -0.145. The molecule has 152 valence electrons. The highest BCUT2D eigenvalue weighted by Gasteiger charge is 2.32. The number of amides is 1. The molecule has 1 N–H and O–H groups in total. The number of ether oxygens (including phenoxy) is 3. The Kier molecular flexibility index (Phi) is 6.39. The molecule has 0 saturated heterocycles. The quantitative estimate of drug-likeness (QED) is 0.436. The highest BCUT2D eigenvalue weighted by atomic mass is 35.5. The number of rotatable bonds is 6. The number of fused-ring (bicyclic) bond motifs is 3. The molecule has 0 aliphatic heterocycles. The number of carbonyl (C=O) groups excluding carboxylic acids is 3. The normalized spacial score (nSPS) is 14.2. The Morgan fingerprint density at radius 3 is 2.10 bits per heavy atom. The Morgan fingerprint density at radius 1 is 1.03 bits per heavy atom. The van der Waals surface area contributed by atoms with Gasteiger partial charge in [-0.3, -0.25) is 0 Å². The first kappa shape index (κ1) is 20.7. The Balaban J connectivity index is 1.70. The number of methoxy groups -OCH3 is 1. The van der Waals surface area contributed by atoms with Gasteiger partial charge in [0.25, 0.3) is 0 Å². The Morgan fingerprint density at radius 2 is 1.59 bits per heavy atom. The molecule has 2 aromatic carbocycles. The highest BCUT2D eigenvalue weighted by Crippen LogP contribution is 2.44. The van der Waals surface area contributed by atoms with Gasteiger partial charge in [0.05, 0.1) is 7.11 Å². The van der Waals surface area contributed by atoms with Gasteiger partial charge in [-0.15, -0.1) is 0 Å². The first-order chi connectivity index (χ1) is 13.9. The molecule has 0 aromatic heterocycles. The molecule has 29 heavy (non-hydrogen) atoms. The minimum atomic E-state index is -1.25. The summed E-state index contributed by atoms with van der Waals surface area (Å²) < 4.78 is 14.8. The summed E-state index contributed by atoms with van der Waals surface area (Å²) in [6, 6.07) is 14.6. The summed E-state index contributed by atoms with van der Waals surface area (Å²) in [6.07, 6.45) is -1.87. The van der Waals surface area contributed by atoms with Gasteiger partial charge < -0.3 is 19.5 Å². The number of nitrogens with one attached hydrogen (secondary N) is 1. The van der Waals surface area contributed by atoms with Gasteiger partial charge in [0, 0.05) is 17.5 Å². The van der Waals surface area contributed by atoms with Crippen molar-refractivity contribution in [3.8, 4) is 11.1 Å². The van der Waals surface area contributed by atoms with E-state index in [-0.39, 0.29) is 12.5 Å². The van der Waals surface area contributed by atoms with E-state index in [1.165, 1.54) is 6.92 Å². The summed E-state index contributed by atoms with van der Waals surface area (Å²) in [4.78, 5) is 35.2. The second-order valence-electron chi connectivity index (χ2n) is 6.53. The number of benzene rings is 2. The van der Waals surface area contributed by atoms with Crippen molar-refractivity contribution in [2.75, 3.05) is 13.7 Å². The minimum Gasteiger partial charge on any atom is -0.467 e. The van der Waals surface area contributed by atoms with Crippen LogP contribution in [0.5, 0.6) is 0 Å². The van der Waals surface area contributed by atoms with Crippen LogP contribution in [0.2, 0.25) is 0 Å². The lowest BCUT2D eigenvalue weighted by Crippen LogP contribution is -2.49. The molecule has 8 heteroatoms. The zero-order chi connectivity index (χ0) is 21.0. The van der Waals surface area contributed by atoms with Gasteiger partial charge in [0.1, 0.15) is 12.7 Å². The van der Waals surface area contributed by atoms with Crippen LogP contribution >= 0.6 is 11.6 Å². The molecule has 1 aliphatic rings. The second-order valence-corrected chi connectivity index (χ2v) is 6.84. The summed E-state index contributed by atoms with van der Waals surface area (Å²) in [6.45, 7) is 1.49. The molecule has 0 radical (unpaired) electrons. The van der Waals surface area contributed by atoms with Crippen molar-refractivity contribution in [3.63, 3.8) is 0 Å². The van der Waals surface area contributed by atoms with Gasteiger partial charge in [-0.2, -0.15) is 0 Å². The number of carbonyl (C=O) groups is 3. The molecule has 0 spiro atoms. The van der Waals surface area contributed by atoms with Crippen LogP contribution in [0.1, 0.15) is 24.0 Å². The summed E-state index contributed by atoms with van der Waals surface area (Å²) in [5, 5.41) is 2.37. The van der Waals surface area contributed by atoms with E-state index in [0.29, 0.717) is 0 Å². The third-order valence-corrected chi connectivity index (χ3v) is 4.91. The maximum absolute atomic E-state index is 12.3. The fraction of sp³-hybridized carbons (Fsp3) is 0.286. The highest BCUT2D eigenvalue weighted by molar-refractivity contribution is 6.61. The van der Waals surface area contributed by atoms with Crippen LogP contribution in [0.4, 0.5) is 9.59 Å². The number of hydrogen-bond acceptors (Lipinski definition) is 6. The third-order valence-electron chi connectivity index (χ3n) is 4.82. The lowest BCUT2D eigenvalue weighted by Gasteiger charge is -2.22. The van der Waals surface area contributed by atoms with Crippen LogP contribution < -0.4 is 5.32 Å². The molecule has 7 nitrogen and oxygen atoms in total. The maximum atomic E-state index is 12.3. The average Bonchev–Trinajstić information content (AvgIpc) is 3.03. The fourth-order valence-electron chi connectivity index (χ4n) is 3.48. The average molecular weight is 418 g/mol. The largest absolute Gasteiger partial charge is 0.467 e. The zero-order valence-corrected chi connectivity index (χ0v) is 16.6. The van der Waals surface area contributed by atoms with Crippen molar-refractivity contribution in [1.29, 1.82) is 0 Å². The topological polar surface area (TPSA) is 90.9 Å². The van der Waals surface area contributed by atoms with Crippen LogP contribution in [0.3, 0.4) is 0 Å². The first-order valence-corrected chi connectivity index (χ1v) is 9.35. The number of halogens is 1. The van der Waals surface area contributed by atoms with Crippen LogP contribution in [0, 0.1) is 0 Å². The summed E-state index contributed by atoms with van der Waals surface area (Å²) >= 11 is 5.19. The molecular weight excluding hydrogens is 398 g/mol. The SMILES string of the molecule is COC(=O)[C@@H](NC(=O)OCC1c2ccccc2-c2ccccc21)C(C)OC(=O)Cl. The number of esters is 1. The zero-order valence-electron chi connectivity index (χ0n) is 15.9. The van der Waals surface area contributed by atoms with Gasteiger partial charge in [-0.05, 0) is 29.2 Å². The van der Waals surface area contributed by atoms with E-state index in [9.17, 15) is 14.4 Å². The van der Waals surface area contributed by atoms with Crippen molar-refractivity contribution in [3.05, 3.63) is 59.7 Å². The Bertz CT molecular complexity index is 885. The van der Waals surface area contributed by atoms with Crippen molar-refractivity contribution >= 4 is 29.1 Å². The molecule has 1 unspecified atom stereocenters. The monoisotopic (exact) mass is 417 g/mol. The molecule has 2 atom stereocenters. The lowest BCUT2D eigenvalue weighted by atomic mass is 9.98. The molecule has 0 heterocycles. The summed E-state index contributed by atoms with van der Waals surface area (Å²) in [7, 11) is 1.16. The fourth-order valence-corrected chi connectivity index (χ4v) is 3.62. The maximum Gasteiger partial charge on any atom is 0.407 e. The van der Waals surface area contributed by atoms with Crippen molar-refractivity contribution in [1.82, 2.24) is 5.32 Å². The number of alkyl carbamates (subject to hydrolysis) is 1.